The summed E-state index contributed by atoms with van der Waals surface area (Å²) in [5, 5.41) is 5.86. The van der Waals surface area contributed by atoms with Gasteiger partial charge in [0.2, 0.25) is 5.91 Å². The van der Waals surface area contributed by atoms with E-state index in [1.807, 2.05) is 0 Å². The number of halogens is 3. The standard InChI is InChI=1S/C20H22F3N3O3/c1-13-8-7-11-15(17(25-28-3)19(27)24-2)16(13)12-29-26-18(20(21,22)23)14-9-5-4-6-10-14/h4-11,17,25H,12H2,1-3H3,(H,24,27)/b26-18-. The van der Waals surface area contributed by atoms with Gasteiger partial charge in [0.05, 0.1) is 7.11 Å². The van der Waals surface area contributed by atoms with Gasteiger partial charge in [0, 0.05) is 18.2 Å². The lowest BCUT2D eigenvalue weighted by molar-refractivity contribution is -0.126. The number of carbonyl (C=O) groups is 1. The molecule has 156 valence electrons. The van der Waals surface area contributed by atoms with Crippen molar-refractivity contribution in [2.45, 2.75) is 25.7 Å². The Hall–Kier alpha value is -2.91. The van der Waals surface area contributed by atoms with Gasteiger partial charge in [0.1, 0.15) is 12.6 Å². The number of rotatable bonds is 8. The third-order valence-electron chi connectivity index (χ3n) is 4.18. The Bertz CT molecular complexity index is 855. The molecule has 2 rings (SSSR count). The van der Waals surface area contributed by atoms with Crippen LogP contribution in [0.15, 0.2) is 53.7 Å². The fourth-order valence-corrected chi connectivity index (χ4v) is 2.74. The first-order valence-electron chi connectivity index (χ1n) is 8.70. The summed E-state index contributed by atoms with van der Waals surface area (Å²) >= 11 is 0. The largest absolute Gasteiger partial charge is 0.437 e. The number of hydrogen-bond donors (Lipinski definition) is 2. The van der Waals surface area contributed by atoms with Gasteiger partial charge in [0.15, 0.2) is 5.71 Å². The molecule has 1 atom stereocenters. The minimum atomic E-state index is -4.68. The van der Waals surface area contributed by atoms with Crippen LogP contribution in [-0.4, -0.2) is 32.0 Å². The Kier molecular flexibility index (Phi) is 7.74. The highest BCUT2D eigenvalue weighted by molar-refractivity contribution is 6.04. The van der Waals surface area contributed by atoms with E-state index in [4.69, 9.17) is 9.68 Å². The van der Waals surface area contributed by atoms with Gasteiger partial charge in [-0.2, -0.15) is 18.7 Å². The van der Waals surface area contributed by atoms with Crippen LogP contribution in [0.4, 0.5) is 13.2 Å². The zero-order valence-corrected chi connectivity index (χ0v) is 16.2. The molecule has 0 aliphatic rings. The van der Waals surface area contributed by atoms with Gasteiger partial charge in [0.25, 0.3) is 0 Å². The first-order chi connectivity index (χ1) is 13.8. The van der Waals surface area contributed by atoms with E-state index in [2.05, 4.69) is 16.0 Å². The van der Waals surface area contributed by atoms with Crippen molar-refractivity contribution >= 4 is 11.6 Å². The van der Waals surface area contributed by atoms with Crippen molar-refractivity contribution in [1.29, 1.82) is 0 Å². The van der Waals surface area contributed by atoms with Crippen molar-refractivity contribution in [3.63, 3.8) is 0 Å². The van der Waals surface area contributed by atoms with Crippen molar-refractivity contribution in [2.24, 2.45) is 5.16 Å². The summed E-state index contributed by atoms with van der Waals surface area (Å²) in [5.74, 6) is -0.373. The molecule has 2 N–H and O–H groups in total. The number of carbonyl (C=O) groups excluding carboxylic acids is 1. The average Bonchev–Trinajstić information content (AvgIpc) is 2.69. The number of hydrogen-bond acceptors (Lipinski definition) is 5. The first kappa shape index (κ1) is 22.4. The topological polar surface area (TPSA) is 72.0 Å². The molecule has 6 nitrogen and oxygen atoms in total. The number of aryl methyl sites for hydroxylation is 1. The smallest absolute Gasteiger partial charge is 0.390 e. The number of amides is 1. The van der Waals surface area contributed by atoms with Gasteiger partial charge in [-0.25, -0.2) is 0 Å². The van der Waals surface area contributed by atoms with Crippen LogP contribution in [0.1, 0.15) is 28.3 Å². The predicted molar refractivity (Wildman–Crippen MR) is 102 cm³/mol. The fourth-order valence-electron chi connectivity index (χ4n) is 2.74. The molecule has 29 heavy (non-hydrogen) atoms. The maximum atomic E-state index is 13.4. The zero-order chi connectivity index (χ0) is 21.4. The summed E-state index contributed by atoms with van der Waals surface area (Å²) < 4.78 is 40.1. The van der Waals surface area contributed by atoms with E-state index in [0.29, 0.717) is 11.1 Å². The number of nitrogens with zero attached hydrogens (tertiary/aromatic N) is 1. The van der Waals surface area contributed by atoms with Gasteiger partial charge >= 0.3 is 6.18 Å². The Morgan fingerprint density at radius 1 is 1.14 bits per heavy atom. The molecule has 1 unspecified atom stereocenters. The molecule has 0 bridgehead atoms. The number of alkyl halides is 3. The summed E-state index contributed by atoms with van der Waals surface area (Å²) in [7, 11) is 2.83. The quantitative estimate of drug-likeness (QED) is 0.518. The Morgan fingerprint density at radius 2 is 1.83 bits per heavy atom. The lowest BCUT2D eigenvalue weighted by Gasteiger charge is -2.20. The van der Waals surface area contributed by atoms with Crippen LogP contribution in [0.2, 0.25) is 0 Å². The second-order valence-electron chi connectivity index (χ2n) is 6.09. The molecule has 0 fully saturated rings. The van der Waals surface area contributed by atoms with Crippen molar-refractivity contribution in [3.05, 3.63) is 70.8 Å². The molecule has 0 aliphatic carbocycles. The van der Waals surface area contributed by atoms with Crippen molar-refractivity contribution in [1.82, 2.24) is 10.8 Å². The lowest BCUT2D eigenvalue weighted by atomic mass is 9.96. The van der Waals surface area contributed by atoms with E-state index in [9.17, 15) is 18.0 Å². The van der Waals surface area contributed by atoms with Crippen LogP contribution in [0, 0.1) is 6.92 Å². The second kappa shape index (κ2) is 10.0. The molecule has 1 amide bonds. The number of oxime groups is 1. The summed E-state index contributed by atoms with van der Waals surface area (Å²) in [6.45, 7) is 1.51. The summed E-state index contributed by atoms with van der Waals surface area (Å²) in [6, 6.07) is 11.5. The molecule has 2 aromatic carbocycles. The van der Waals surface area contributed by atoms with Crippen LogP contribution in [0.25, 0.3) is 0 Å². The van der Waals surface area contributed by atoms with Crippen LogP contribution in [0.3, 0.4) is 0 Å². The monoisotopic (exact) mass is 409 g/mol. The Morgan fingerprint density at radius 3 is 2.41 bits per heavy atom. The lowest BCUT2D eigenvalue weighted by Crippen LogP contribution is -2.36. The third kappa shape index (κ3) is 5.78. The molecular weight excluding hydrogens is 387 g/mol. The van der Waals surface area contributed by atoms with Crippen LogP contribution in [0.5, 0.6) is 0 Å². The molecule has 0 heterocycles. The molecular formula is C20H22F3N3O3. The molecule has 0 aliphatic heterocycles. The molecule has 9 heteroatoms. The fraction of sp³-hybridized carbons (Fsp3) is 0.300. The van der Waals surface area contributed by atoms with E-state index in [1.165, 1.54) is 38.4 Å². The predicted octanol–water partition coefficient (Wildman–Crippen LogP) is 3.42. The van der Waals surface area contributed by atoms with E-state index in [1.54, 1.807) is 31.2 Å². The number of hydroxylamine groups is 1. The Labute approximate surface area is 166 Å². The summed E-state index contributed by atoms with van der Waals surface area (Å²) in [6.07, 6.45) is -4.68. The summed E-state index contributed by atoms with van der Waals surface area (Å²) in [5.41, 5.74) is 3.12. The van der Waals surface area contributed by atoms with Gasteiger partial charge in [-0.15, -0.1) is 0 Å². The van der Waals surface area contributed by atoms with E-state index < -0.39 is 17.9 Å². The highest BCUT2D eigenvalue weighted by Gasteiger charge is 2.37. The van der Waals surface area contributed by atoms with Crippen molar-refractivity contribution < 1.29 is 27.6 Å². The van der Waals surface area contributed by atoms with Gasteiger partial charge in [-0.05, 0) is 18.1 Å². The number of nitrogens with one attached hydrogen (secondary N) is 2. The molecule has 2 aromatic rings. The molecule has 0 saturated heterocycles. The molecule has 0 saturated carbocycles. The first-order valence-corrected chi connectivity index (χ1v) is 8.70. The minimum Gasteiger partial charge on any atom is -0.390 e. The Balaban J connectivity index is 2.34. The third-order valence-corrected chi connectivity index (χ3v) is 4.18. The molecule has 0 radical (unpaired) electrons. The maximum absolute atomic E-state index is 13.4. The molecule has 0 spiro atoms. The number of benzene rings is 2. The molecule has 0 aromatic heterocycles. The van der Waals surface area contributed by atoms with Crippen molar-refractivity contribution in [3.8, 4) is 0 Å². The van der Waals surface area contributed by atoms with E-state index in [-0.39, 0.29) is 18.1 Å². The van der Waals surface area contributed by atoms with Crippen molar-refractivity contribution in [2.75, 3.05) is 14.2 Å². The van der Waals surface area contributed by atoms with E-state index >= 15 is 0 Å². The van der Waals surface area contributed by atoms with Crippen LogP contribution >= 0.6 is 0 Å². The normalized spacial score (nSPS) is 13.1. The van der Waals surface area contributed by atoms with Gasteiger partial charge in [-0.1, -0.05) is 53.7 Å². The maximum Gasteiger partial charge on any atom is 0.437 e. The SMILES string of the molecule is CNC(=O)C(NOC)c1cccc(C)c1CO/N=C(/c1ccccc1)C(F)(F)F. The van der Waals surface area contributed by atoms with E-state index in [0.717, 1.165) is 5.56 Å². The zero-order valence-electron chi connectivity index (χ0n) is 16.2. The number of likely N-dealkylation sites (N-methyl/N-ethyl adjacent to an activating group) is 1. The van der Waals surface area contributed by atoms with Crippen LogP contribution < -0.4 is 10.8 Å². The van der Waals surface area contributed by atoms with Gasteiger partial charge < -0.3 is 15.0 Å². The van der Waals surface area contributed by atoms with Gasteiger partial charge in [-0.3, -0.25) is 4.79 Å². The highest BCUT2D eigenvalue weighted by atomic mass is 19.4. The minimum absolute atomic E-state index is 0.103. The summed E-state index contributed by atoms with van der Waals surface area (Å²) in [4.78, 5) is 22.2. The second-order valence-corrected chi connectivity index (χ2v) is 6.09. The van der Waals surface area contributed by atoms with Crippen LogP contribution in [-0.2, 0) is 21.1 Å². The highest BCUT2D eigenvalue weighted by Crippen LogP contribution is 2.25. The average molecular weight is 409 g/mol.